The Morgan fingerprint density at radius 2 is 1.88 bits per heavy atom. The van der Waals surface area contributed by atoms with E-state index in [9.17, 15) is 4.79 Å². The third-order valence-electron chi connectivity index (χ3n) is 7.45. The van der Waals surface area contributed by atoms with Gasteiger partial charge in [0.1, 0.15) is 12.1 Å². The van der Waals surface area contributed by atoms with Gasteiger partial charge in [-0.1, -0.05) is 43.9 Å². The van der Waals surface area contributed by atoms with Crippen LogP contribution in [0.2, 0.25) is 5.02 Å². The molecule has 1 saturated heterocycles. The Labute approximate surface area is 206 Å². The number of carbonyl (C=O) groups is 1. The molecule has 180 valence electrons. The van der Waals surface area contributed by atoms with Crippen molar-refractivity contribution in [1.29, 1.82) is 0 Å². The normalized spacial score (nSPS) is 21.2. The minimum absolute atomic E-state index is 0.214. The van der Waals surface area contributed by atoms with Crippen molar-refractivity contribution in [2.45, 2.75) is 51.9 Å². The molecule has 7 nitrogen and oxygen atoms in total. The molecule has 0 N–H and O–H groups in total. The van der Waals surface area contributed by atoms with Crippen molar-refractivity contribution in [3.8, 4) is 5.69 Å². The number of unbranched alkanes of at least 4 members (excludes halogenated alkanes) is 1. The zero-order valence-electron chi connectivity index (χ0n) is 19.9. The summed E-state index contributed by atoms with van der Waals surface area (Å²) in [5.41, 5.74) is 1.62. The van der Waals surface area contributed by atoms with Crippen LogP contribution in [-0.2, 0) is 4.79 Å². The van der Waals surface area contributed by atoms with Gasteiger partial charge in [0.05, 0.1) is 17.3 Å². The SMILES string of the molecule is CCCCC1CCC(C(=O)N2CCN(c3ncnc4c3cnn4-c3cccc(Cl)c3)CC2)CC1. The maximum absolute atomic E-state index is 13.2. The fourth-order valence-electron chi connectivity index (χ4n) is 5.47. The van der Waals surface area contributed by atoms with Crippen molar-refractivity contribution in [3.63, 3.8) is 0 Å². The monoisotopic (exact) mass is 480 g/mol. The molecule has 1 amide bonds. The van der Waals surface area contributed by atoms with Crippen LogP contribution in [0.1, 0.15) is 51.9 Å². The van der Waals surface area contributed by atoms with Crippen LogP contribution in [0.5, 0.6) is 0 Å². The molecule has 0 radical (unpaired) electrons. The molecule has 3 aromatic rings. The summed E-state index contributed by atoms with van der Waals surface area (Å²) in [7, 11) is 0. The van der Waals surface area contributed by atoms with Crippen molar-refractivity contribution in [2.75, 3.05) is 31.1 Å². The van der Waals surface area contributed by atoms with Crippen LogP contribution < -0.4 is 4.90 Å². The molecule has 0 unspecified atom stereocenters. The van der Waals surface area contributed by atoms with Gasteiger partial charge in [-0.05, 0) is 49.8 Å². The minimum atomic E-state index is 0.214. The van der Waals surface area contributed by atoms with Crippen molar-refractivity contribution >= 4 is 34.4 Å². The van der Waals surface area contributed by atoms with Crippen molar-refractivity contribution in [3.05, 3.63) is 41.8 Å². The van der Waals surface area contributed by atoms with Gasteiger partial charge in [-0.2, -0.15) is 5.10 Å². The zero-order valence-corrected chi connectivity index (χ0v) is 20.6. The highest BCUT2D eigenvalue weighted by molar-refractivity contribution is 6.30. The van der Waals surface area contributed by atoms with Gasteiger partial charge in [0.2, 0.25) is 5.91 Å². The lowest BCUT2D eigenvalue weighted by molar-refractivity contribution is -0.137. The lowest BCUT2D eigenvalue weighted by Gasteiger charge is -2.38. The molecule has 1 saturated carbocycles. The quantitative estimate of drug-likeness (QED) is 0.490. The van der Waals surface area contributed by atoms with Crippen molar-refractivity contribution in [1.82, 2.24) is 24.6 Å². The number of rotatable bonds is 6. The zero-order chi connectivity index (χ0) is 23.5. The summed E-state index contributed by atoms with van der Waals surface area (Å²) in [5.74, 6) is 2.27. The molecule has 8 heteroatoms. The minimum Gasteiger partial charge on any atom is -0.352 e. The molecule has 1 aliphatic carbocycles. The van der Waals surface area contributed by atoms with Crippen LogP contribution in [0.15, 0.2) is 36.8 Å². The van der Waals surface area contributed by atoms with Crippen LogP contribution in [0.4, 0.5) is 5.82 Å². The number of amides is 1. The Morgan fingerprint density at radius 3 is 2.62 bits per heavy atom. The van der Waals surface area contributed by atoms with E-state index in [4.69, 9.17) is 11.6 Å². The van der Waals surface area contributed by atoms with Crippen LogP contribution in [-0.4, -0.2) is 56.7 Å². The smallest absolute Gasteiger partial charge is 0.225 e. The van der Waals surface area contributed by atoms with E-state index in [0.717, 1.165) is 67.5 Å². The second-order valence-electron chi connectivity index (χ2n) is 9.64. The molecule has 2 fully saturated rings. The van der Waals surface area contributed by atoms with E-state index in [-0.39, 0.29) is 5.92 Å². The summed E-state index contributed by atoms with van der Waals surface area (Å²) in [6.45, 7) is 5.27. The van der Waals surface area contributed by atoms with Crippen molar-refractivity contribution in [2.24, 2.45) is 11.8 Å². The summed E-state index contributed by atoms with van der Waals surface area (Å²) in [6.07, 6.45) is 11.9. The van der Waals surface area contributed by atoms with Crippen LogP contribution >= 0.6 is 11.6 Å². The Balaban J connectivity index is 1.23. The first-order valence-electron chi connectivity index (χ1n) is 12.6. The van der Waals surface area contributed by atoms with E-state index in [1.165, 1.54) is 32.1 Å². The van der Waals surface area contributed by atoms with E-state index in [2.05, 4.69) is 31.8 Å². The average Bonchev–Trinajstić information content (AvgIpc) is 3.32. The predicted molar refractivity (Wildman–Crippen MR) is 135 cm³/mol. The van der Waals surface area contributed by atoms with Crippen LogP contribution in [0.3, 0.4) is 0 Å². The number of benzene rings is 1. The molecule has 0 atom stereocenters. The molecule has 5 rings (SSSR count). The van der Waals surface area contributed by atoms with E-state index < -0.39 is 0 Å². The largest absolute Gasteiger partial charge is 0.352 e. The summed E-state index contributed by atoms with van der Waals surface area (Å²) in [6, 6.07) is 7.58. The Bertz CT molecular complexity index is 1130. The first-order valence-corrected chi connectivity index (χ1v) is 13.0. The number of aromatic nitrogens is 4. The molecule has 3 heterocycles. The molecule has 2 aromatic heterocycles. The Hall–Kier alpha value is -2.67. The molecule has 0 spiro atoms. The Morgan fingerprint density at radius 1 is 1.09 bits per heavy atom. The molecule has 1 aliphatic heterocycles. The highest BCUT2D eigenvalue weighted by atomic mass is 35.5. The summed E-state index contributed by atoms with van der Waals surface area (Å²) >= 11 is 6.17. The topological polar surface area (TPSA) is 67.2 Å². The van der Waals surface area contributed by atoms with E-state index in [1.807, 2.05) is 30.5 Å². The second kappa shape index (κ2) is 10.3. The van der Waals surface area contributed by atoms with Gasteiger partial charge in [0.25, 0.3) is 0 Å². The van der Waals surface area contributed by atoms with Gasteiger partial charge in [-0.3, -0.25) is 4.79 Å². The lowest BCUT2D eigenvalue weighted by atomic mass is 9.79. The molecular weight excluding hydrogens is 448 g/mol. The number of nitrogens with zero attached hydrogens (tertiary/aromatic N) is 6. The molecule has 2 aliphatic rings. The summed E-state index contributed by atoms with van der Waals surface area (Å²) in [4.78, 5) is 26.6. The first kappa shape index (κ1) is 23.1. The maximum Gasteiger partial charge on any atom is 0.225 e. The molecular formula is C26H33ClN6O. The maximum atomic E-state index is 13.2. The van der Waals surface area contributed by atoms with Gasteiger partial charge in [0.15, 0.2) is 5.65 Å². The van der Waals surface area contributed by atoms with E-state index in [1.54, 1.807) is 11.0 Å². The number of anilines is 1. The number of halogens is 1. The number of hydrogen-bond acceptors (Lipinski definition) is 5. The molecule has 1 aromatic carbocycles. The second-order valence-corrected chi connectivity index (χ2v) is 10.1. The fourth-order valence-corrected chi connectivity index (χ4v) is 5.65. The summed E-state index contributed by atoms with van der Waals surface area (Å²) in [5, 5.41) is 6.12. The standard InChI is InChI=1S/C26H33ClN6O/c1-2-3-5-19-8-10-20(11-9-19)26(34)32-14-12-31(13-15-32)24-23-17-30-33(25(23)29-18-28-24)22-7-4-6-21(27)16-22/h4,6-7,16-20H,2-3,5,8-15H2,1H3. The first-order chi connectivity index (χ1) is 16.6. The Kier molecular flexibility index (Phi) is 6.99. The van der Waals surface area contributed by atoms with Crippen molar-refractivity contribution < 1.29 is 4.79 Å². The van der Waals surface area contributed by atoms with Crippen LogP contribution in [0, 0.1) is 11.8 Å². The van der Waals surface area contributed by atoms with Gasteiger partial charge in [0, 0.05) is 37.1 Å². The average molecular weight is 481 g/mol. The molecule has 0 bridgehead atoms. The third kappa shape index (κ3) is 4.76. The fraction of sp³-hybridized carbons (Fsp3) is 0.538. The van der Waals surface area contributed by atoms with E-state index in [0.29, 0.717) is 10.9 Å². The number of fused-ring (bicyclic) bond motifs is 1. The van der Waals surface area contributed by atoms with Gasteiger partial charge < -0.3 is 9.80 Å². The highest BCUT2D eigenvalue weighted by Crippen LogP contribution is 2.33. The van der Waals surface area contributed by atoms with E-state index >= 15 is 0 Å². The van der Waals surface area contributed by atoms with Gasteiger partial charge in [-0.15, -0.1) is 0 Å². The number of carbonyl (C=O) groups excluding carboxylic acids is 1. The molecule has 34 heavy (non-hydrogen) atoms. The predicted octanol–water partition coefficient (Wildman–Crippen LogP) is 5.11. The highest BCUT2D eigenvalue weighted by Gasteiger charge is 2.31. The summed E-state index contributed by atoms with van der Waals surface area (Å²) < 4.78 is 1.79. The van der Waals surface area contributed by atoms with Gasteiger partial charge >= 0.3 is 0 Å². The third-order valence-corrected chi connectivity index (χ3v) is 7.69. The van der Waals surface area contributed by atoms with Crippen LogP contribution in [0.25, 0.3) is 16.7 Å². The number of piperazine rings is 1. The lowest BCUT2D eigenvalue weighted by Crippen LogP contribution is -2.51. The number of hydrogen-bond donors (Lipinski definition) is 0. The van der Waals surface area contributed by atoms with Gasteiger partial charge in [-0.25, -0.2) is 14.6 Å².